The molecule has 2 rings (SSSR count). The second-order valence-corrected chi connectivity index (χ2v) is 5.11. The maximum atomic E-state index is 11.4. The van der Waals surface area contributed by atoms with E-state index < -0.39 is 5.97 Å². The van der Waals surface area contributed by atoms with Crippen molar-refractivity contribution in [3.05, 3.63) is 58.1 Å². The van der Waals surface area contributed by atoms with Crippen LogP contribution in [0.2, 0.25) is 0 Å². The number of carbonyl (C=O) groups is 1. The van der Waals surface area contributed by atoms with Crippen molar-refractivity contribution in [1.82, 2.24) is 0 Å². The van der Waals surface area contributed by atoms with Gasteiger partial charge in [0.2, 0.25) is 0 Å². The summed E-state index contributed by atoms with van der Waals surface area (Å²) in [5, 5.41) is 9.33. The Morgan fingerprint density at radius 2 is 1.53 bits per heavy atom. The second-order valence-electron chi connectivity index (χ2n) is 5.11. The molecule has 0 saturated heterocycles. The number of carboxylic acid groups (broad SMARTS) is 1. The van der Waals surface area contributed by atoms with Crippen LogP contribution in [-0.4, -0.2) is 11.1 Å². The number of benzene rings is 2. The molecule has 0 bridgehead atoms. The van der Waals surface area contributed by atoms with E-state index in [4.69, 9.17) is 0 Å². The van der Waals surface area contributed by atoms with Crippen LogP contribution in [0.1, 0.15) is 32.6 Å². The van der Waals surface area contributed by atoms with Crippen molar-refractivity contribution in [1.29, 1.82) is 0 Å². The number of aryl methyl sites for hydroxylation is 3. The minimum absolute atomic E-state index is 0.414. The van der Waals surface area contributed by atoms with E-state index in [1.54, 1.807) is 0 Å². The quantitative estimate of drug-likeness (QED) is 0.868. The first-order chi connectivity index (χ1) is 8.90. The summed E-state index contributed by atoms with van der Waals surface area (Å²) < 4.78 is 0. The summed E-state index contributed by atoms with van der Waals surface area (Å²) in [4.78, 5) is 11.4. The van der Waals surface area contributed by atoms with Crippen LogP contribution < -0.4 is 0 Å². The number of rotatable bonds is 2. The van der Waals surface area contributed by atoms with Crippen molar-refractivity contribution in [3.8, 4) is 11.1 Å². The highest BCUT2D eigenvalue weighted by molar-refractivity contribution is 5.93. The van der Waals surface area contributed by atoms with E-state index in [-0.39, 0.29) is 0 Å². The van der Waals surface area contributed by atoms with Crippen LogP contribution in [0.3, 0.4) is 0 Å². The van der Waals surface area contributed by atoms with Gasteiger partial charge in [0.1, 0.15) is 0 Å². The Bertz CT molecular complexity index is 634. The van der Waals surface area contributed by atoms with Gasteiger partial charge in [-0.2, -0.15) is 0 Å². The van der Waals surface area contributed by atoms with E-state index >= 15 is 0 Å². The van der Waals surface area contributed by atoms with Crippen molar-refractivity contribution < 1.29 is 9.90 Å². The fraction of sp³-hybridized carbons (Fsp3) is 0.235. The molecule has 2 heteroatoms. The van der Waals surface area contributed by atoms with E-state index in [1.807, 2.05) is 26.0 Å². The molecule has 2 nitrogen and oxygen atoms in total. The molecule has 0 aliphatic heterocycles. The fourth-order valence-electron chi connectivity index (χ4n) is 2.62. The lowest BCUT2D eigenvalue weighted by Gasteiger charge is -2.13. The standard InChI is InChI=1S/C17H18O2/c1-10-7-11(2)9-14(8-10)15-6-5-12(3)16(13(15)4)17(18)19/h5-9H,1-4H3,(H,18,19). The predicted octanol–water partition coefficient (Wildman–Crippen LogP) is 4.29. The van der Waals surface area contributed by atoms with E-state index in [9.17, 15) is 9.90 Å². The zero-order valence-corrected chi connectivity index (χ0v) is 11.7. The van der Waals surface area contributed by atoms with Crippen LogP contribution in [0.15, 0.2) is 30.3 Å². The molecular weight excluding hydrogens is 236 g/mol. The number of carboxylic acids is 1. The average molecular weight is 254 g/mol. The zero-order valence-electron chi connectivity index (χ0n) is 11.7. The van der Waals surface area contributed by atoms with Gasteiger partial charge < -0.3 is 5.11 Å². The van der Waals surface area contributed by atoms with E-state index in [1.165, 1.54) is 11.1 Å². The van der Waals surface area contributed by atoms with Gasteiger partial charge in [0.05, 0.1) is 5.56 Å². The lowest BCUT2D eigenvalue weighted by atomic mass is 9.92. The molecule has 2 aromatic rings. The molecule has 0 radical (unpaired) electrons. The first-order valence-corrected chi connectivity index (χ1v) is 6.32. The van der Waals surface area contributed by atoms with Crippen LogP contribution in [0, 0.1) is 27.7 Å². The van der Waals surface area contributed by atoms with E-state index in [0.717, 1.165) is 22.3 Å². The van der Waals surface area contributed by atoms with Crippen molar-refractivity contribution in [2.24, 2.45) is 0 Å². The summed E-state index contributed by atoms with van der Waals surface area (Å²) in [6, 6.07) is 10.2. The highest BCUT2D eigenvalue weighted by atomic mass is 16.4. The molecule has 0 atom stereocenters. The van der Waals surface area contributed by atoms with Gasteiger partial charge >= 0.3 is 5.97 Å². The van der Waals surface area contributed by atoms with Crippen molar-refractivity contribution in [3.63, 3.8) is 0 Å². The molecule has 0 heterocycles. The molecule has 98 valence electrons. The van der Waals surface area contributed by atoms with Crippen LogP contribution in [0.25, 0.3) is 11.1 Å². The summed E-state index contributed by atoms with van der Waals surface area (Å²) in [6.45, 7) is 7.82. The van der Waals surface area contributed by atoms with Crippen molar-refractivity contribution >= 4 is 5.97 Å². The Morgan fingerprint density at radius 3 is 2.05 bits per heavy atom. The van der Waals surface area contributed by atoms with Gasteiger partial charge in [-0.15, -0.1) is 0 Å². The average Bonchev–Trinajstić information content (AvgIpc) is 2.26. The Morgan fingerprint density at radius 1 is 0.947 bits per heavy atom. The molecule has 0 fully saturated rings. The van der Waals surface area contributed by atoms with Crippen molar-refractivity contribution in [2.75, 3.05) is 0 Å². The zero-order chi connectivity index (χ0) is 14.2. The number of aromatic carboxylic acids is 1. The first kappa shape index (κ1) is 13.3. The first-order valence-electron chi connectivity index (χ1n) is 6.32. The maximum Gasteiger partial charge on any atom is 0.336 e. The van der Waals surface area contributed by atoms with Gasteiger partial charge in [0.15, 0.2) is 0 Å². The van der Waals surface area contributed by atoms with Crippen LogP contribution in [0.4, 0.5) is 0 Å². The topological polar surface area (TPSA) is 37.3 Å². The summed E-state index contributed by atoms with van der Waals surface area (Å²) in [7, 11) is 0. The van der Waals surface area contributed by atoms with Gasteiger partial charge in [-0.25, -0.2) is 4.79 Å². The van der Waals surface area contributed by atoms with Gasteiger partial charge in [-0.3, -0.25) is 0 Å². The summed E-state index contributed by atoms with van der Waals surface area (Å²) in [6.07, 6.45) is 0. The molecule has 0 saturated carbocycles. The van der Waals surface area contributed by atoms with Gasteiger partial charge in [0.25, 0.3) is 0 Å². The summed E-state index contributed by atoms with van der Waals surface area (Å²) in [5.74, 6) is -0.860. The van der Waals surface area contributed by atoms with Crippen LogP contribution in [-0.2, 0) is 0 Å². The molecular formula is C17H18O2. The van der Waals surface area contributed by atoms with Crippen LogP contribution >= 0.6 is 0 Å². The fourth-order valence-corrected chi connectivity index (χ4v) is 2.62. The largest absolute Gasteiger partial charge is 0.478 e. The van der Waals surface area contributed by atoms with Gasteiger partial charge in [-0.05, 0) is 49.9 Å². The third-order valence-corrected chi connectivity index (χ3v) is 3.42. The molecule has 0 aromatic heterocycles. The van der Waals surface area contributed by atoms with Crippen molar-refractivity contribution in [2.45, 2.75) is 27.7 Å². The lowest BCUT2D eigenvalue weighted by Crippen LogP contribution is -2.04. The van der Waals surface area contributed by atoms with Crippen LogP contribution in [0.5, 0.6) is 0 Å². The summed E-state index contributed by atoms with van der Waals surface area (Å²) in [5.41, 5.74) is 6.50. The minimum Gasteiger partial charge on any atom is -0.478 e. The molecule has 0 spiro atoms. The SMILES string of the molecule is Cc1cc(C)cc(-c2ccc(C)c(C(=O)O)c2C)c1. The molecule has 0 amide bonds. The molecule has 0 aliphatic carbocycles. The second kappa shape index (κ2) is 4.88. The Kier molecular flexibility index (Phi) is 3.43. The third-order valence-electron chi connectivity index (χ3n) is 3.42. The smallest absolute Gasteiger partial charge is 0.336 e. The van der Waals surface area contributed by atoms with E-state index in [2.05, 4.69) is 32.0 Å². The molecule has 0 unspecified atom stereocenters. The summed E-state index contributed by atoms with van der Waals surface area (Å²) >= 11 is 0. The molecule has 1 N–H and O–H groups in total. The highest BCUT2D eigenvalue weighted by Gasteiger charge is 2.14. The predicted molar refractivity (Wildman–Crippen MR) is 77.8 cm³/mol. The number of hydrogen-bond acceptors (Lipinski definition) is 1. The Labute approximate surface area is 113 Å². The van der Waals surface area contributed by atoms with E-state index in [0.29, 0.717) is 5.56 Å². The third kappa shape index (κ3) is 2.53. The Balaban J connectivity index is 2.70. The van der Waals surface area contributed by atoms with Gasteiger partial charge in [0, 0.05) is 0 Å². The number of hydrogen-bond donors (Lipinski definition) is 1. The minimum atomic E-state index is -0.860. The Hall–Kier alpha value is -2.09. The molecule has 0 aliphatic rings. The highest BCUT2D eigenvalue weighted by Crippen LogP contribution is 2.29. The molecule has 19 heavy (non-hydrogen) atoms. The monoisotopic (exact) mass is 254 g/mol. The molecule has 2 aromatic carbocycles. The van der Waals surface area contributed by atoms with Gasteiger partial charge in [-0.1, -0.05) is 41.5 Å². The maximum absolute atomic E-state index is 11.4. The lowest BCUT2D eigenvalue weighted by molar-refractivity contribution is 0.0695. The normalized spacial score (nSPS) is 10.5.